The Morgan fingerprint density at radius 1 is 1.11 bits per heavy atom. The molecule has 9 heteroatoms. The molecule has 2 saturated heterocycles. The van der Waals surface area contributed by atoms with E-state index in [1.807, 2.05) is 6.07 Å². The van der Waals surface area contributed by atoms with Crippen LogP contribution in [0.2, 0.25) is 10.0 Å². The molecule has 0 bridgehead atoms. The van der Waals surface area contributed by atoms with Crippen molar-refractivity contribution < 1.29 is 13.2 Å². The predicted molar refractivity (Wildman–Crippen MR) is 111 cm³/mol. The highest BCUT2D eigenvalue weighted by molar-refractivity contribution is 8.16. The van der Waals surface area contributed by atoms with Crippen LogP contribution in [0.3, 0.4) is 0 Å². The molecule has 0 radical (unpaired) electrons. The topological polar surface area (TPSA) is 66.8 Å². The molecular weight excluding hydrogens is 427 g/mol. The van der Waals surface area contributed by atoms with Gasteiger partial charge in [-0.15, -0.1) is 0 Å². The SMILES string of the molecule is O=C(N=C1S[C@@H]2CS(=O)(=O)C[C@H]2N1c1cc(Cl)ccc1Cl)c1ccccc1. The van der Waals surface area contributed by atoms with Gasteiger partial charge < -0.3 is 4.90 Å². The standard InChI is InChI=1S/C18H14Cl2N2O3S2/c19-12-6-7-13(20)14(8-12)22-15-9-27(24,25)10-16(15)26-18(22)21-17(23)11-4-2-1-3-5-11/h1-8,15-16H,9-10H2/t15-,16-/m1/s1. The highest BCUT2D eigenvalue weighted by Gasteiger charge is 2.49. The van der Waals surface area contributed by atoms with E-state index in [4.69, 9.17) is 23.2 Å². The molecule has 2 atom stereocenters. The molecule has 2 fully saturated rings. The molecule has 2 aromatic carbocycles. The van der Waals surface area contributed by atoms with Crippen molar-refractivity contribution in [1.29, 1.82) is 0 Å². The van der Waals surface area contributed by atoms with Gasteiger partial charge in [0, 0.05) is 15.8 Å². The maximum Gasteiger partial charge on any atom is 0.279 e. The van der Waals surface area contributed by atoms with Crippen LogP contribution in [0.1, 0.15) is 10.4 Å². The molecule has 140 valence electrons. The van der Waals surface area contributed by atoms with Crippen LogP contribution in [0.4, 0.5) is 5.69 Å². The van der Waals surface area contributed by atoms with Gasteiger partial charge in [0.2, 0.25) is 0 Å². The molecule has 1 amide bonds. The Balaban J connectivity index is 1.78. The van der Waals surface area contributed by atoms with Crippen molar-refractivity contribution in [3.63, 3.8) is 0 Å². The number of hydrogen-bond donors (Lipinski definition) is 0. The minimum atomic E-state index is -3.15. The van der Waals surface area contributed by atoms with Crippen LogP contribution in [0.25, 0.3) is 0 Å². The van der Waals surface area contributed by atoms with Gasteiger partial charge in [-0.2, -0.15) is 4.99 Å². The number of fused-ring (bicyclic) bond motifs is 1. The molecule has 2 aliphatic rings. The molecule has 0 aliphatic carbocycles. The molecule has 0 spiro atoms. The van der Waals surface area contributed by atoms with E-state index in [-0.39, 0.29) is 28.7 Å². The van der Waals surface area contributed by atoms with Gasteiger partial charge in [-0.1, -0.05) is 53.2 Å². The van der Waals surface area contributed by atoms with Gasteiger partial charge >= 0.3 is 0 Å². The average molecular weight is 441 g/mol. The Morgan fingerprint density at radius 3 is 2.59 bits per heavy atom. The summed E-state index contributed by atoms with van der Waals surface area (Å²) >= 11 is 13.8. The van der Waals surface area contributed by atoms with Gasteiger partial charge in [0.1, 0.15) is 0 Å². The third kappa shape index (κ3) is 3.74. The Morgan fingerprint density at radius 2 is 1.85 bits per heavy atom. The first-order valence-electron chi connectivity index (χ1n) is 8.13. The van der Waals surface area contributed by atoms with Gasteiger partial charge in [0.25, 0.3) is 5.91 Å². The number of carbonyl (C=O) groups is 1. The first kappa shape index (κ1) is 18.8. The van der Waals surface area contributed by atoms with Crippen molar-refractivity contribution in [2.75, 3.05) is 16.4 Å². The number of benzene rings is 2. The first-order chi connectivity index (χ1) is 12.8. The molecule has 2 aliphatic heterocycles. The fourth-order valence-electron chi connectivity index (χ4n) is 3.25. The molecule has 0 unspecified atom stereocenters. The zero-order valence-corrected chi connectivity index (χ0v) is 17.0. The molecule has 0 N–H and O–H groups in total. The van der Waals surface area contributed by atoms with Gasteiger partial charge in [-0.3, -0.25) is 4.79 Å². The number of rotatable bonds is 2. The van der Waals surface area contributed by atoms with Crippen molar-refractivity contribution in [1.82, 2.24) is 0 Å². The van der Waals surface area contributed by atoms with Crippen molar-refractivity contribution >= 4 is 61.6 Å². The number of sulfone groups is 1. The van der Waals surface area contributed by atoms with Crippen molar-refractivity contribution in [3.05, 3.63) is 64.1 Å². The summed E-state index contributed by atoms with van der Waals surface area (Å²) in [5.74, 6) is -0.342. The number of amides is 1. The molecule has 0 aromatic heterocycles. The summed E-state index contributed by atoms with van der Waals surface area (Å²) in [5, 5.41) is 1.13. The normalized spacial score (nSPS) is 25.0. The van der Waals surface area contributed by atoms with Crippen LogP contribution >= 0.6 is 35.0 Å². The highest BCUT2D eigenvalue weighted by Crippen LogP contribution is 2.43. The van der Waals surface area contributed by atoms with Crippen LogP contribution in [-0.4, -0.2) is 42.3 Å². The lowest BCUT2D eigenvalue weighted by Crippen LogP contribution is -2.38. The van der Waals surface area contributed by atoms with Crippen LogP contribution < -0.4 is 4.90 Å². The number of halogens is 2. The Bertz CT molecular complexity index is 1040. The lowest BCUT2D eigenvalue weighted by atomic mass is 10.2. The second kappa shape index (κ2) is 7.13. The number of thioether (sulfide) groups is 1. The van der Waals surface area contributed by atoms with E-state index in [0.717, 1.165) is 0 Å². The Kier molecular flexibility index (Phi) is 4.96. The minimum Gasteiger partial charge on any atom is -0.314 e. The van der Waals surface area contributed by atoms with E-state index in [1.165, 1.54) is 11.8 Å². The summed E-state index contributed by atoms with van der Waals surface area (Å²) < 4.78 is 24.2. The Labute approximate surface area is 171 Å². The van der Waals surface area contributed by atoms with E-state index in [1.54, 1.807) is 47.4 Å². The molecule has 5 nitrogen and oxygen atoms in total. The summed E-state index contributed by atoms with van der Waals surface area (Å²) in [4.78, 5) is 18.6. The maximum atomic E-state index is 12.6. The van der Waals surface area contributed by atoms with Crippen LogP contribution in [0.15, 0.2) is 53.5 Å². The van der Waals surface area contributed by atoms with E-state index < -0.39 is 9.84 Å². The van der Waals surface area contributed by atoms with Crippen molar-refractivity contribution in [2.24, 2.45) is 4.99 Å². The van der Waals surface area contributed by atoms with Gasteiger partial charge in [0.15, 0.2) is 15.0 Å². The third-order valence-corrected chi connectivity index (χ3v) is 8.22. The fraction of sp³-hybridized carbons (Fsp3) is 0.222. The second-order valence-electron chi connectivity index (χ2n) is 6.33. The number of hydrogen-bond acceptors (Lipinski definition) is 4. The summed E-state index contributed by atoms with van der Waals surface area (Å²) in [6, 6.07) is 13.4. The largest absolute Gasteiger partial charge is 0.314 e. The van der Waals surface area contributed by atoms with Crippen molar-refractivity contribution in [2.45, 2.75) is 11.3 Å². The lowest BCUT2D eigenvalue weighted by Gasteiger charge is -2.25. The number of aliphatic imine (C=N–C) groups is 1. The number of carbonyl (C=O) groups excluding carboxylic acids is 1. The molecule has 2 aromatic rings. The minimum absolute atomic E-state index is 0.00788. The predicted octanol–water partition coefficient (Wildman–Crippen LogP) is 3.91. The van der Waals surface area contributed by atoms with Crippen LogP contribution in [-0.2, 0) is 9.84 Å². The summed E-state index contributed by atoms with van der Waals surface area (Å²) in [6.45, 7) is 0. The van der Waals surface area contributed by atoms with E-state index in [0.29, 0.717) is 26.5 Å². The molecule has 0 saturated carbocycles. The summed E-state index contributed by atoms with van der Waals surface area (Å²) in [6.07, 6.45) is 0. The van der Waals surface area contributed by atoms with Crippen molar-refractivity contribution in [3.8, 4) is 0 Å². The highest BCUT2D eigenvalue weighted by atomic mass is 35.5. The van der Waals surface area contributed by atoms with E-state index in [2.05, 4.69) is 4.99 Å². The molecule has 2 heterocycles. The lowest BCUT2D eigenvalue weighted by molar-refractivity contribution is 0.100. The van der Waals surface area contributed by atoms with Gasteiger partial charge in [-0.25, -0.2) is 8.42 Å². The number of nitrogens with zero attached hydrogens (tertiary/aromatic N) is 2. The zero-order valence-electron chi connectivity index (χ0n) is 13.9. The molecule has 4 rings (SSSR count). The third-order valence-electron chi connectivity index (χ3n) is 4.45. The fourth-order valence-corrected chi connectivity index (χ4v) is 7.53. The van der Waals surface area contributed by atoms with Crippen LogP contribution in [0.5, 0.6) is 0 Å². The monoisotopic (exact) mass is 440 g/mol. The number of anilines is 1. The summed E-state index contributed by atoms with van der Waals surface area (Å²) in [5.41, 5.74) is 1.02. The molecule has 27 heavy (non-hydrogen) atoms. The van der Waals surface area contributed by atoms with Crippen LogP contribution in [0, 0.1) is 0 Å². The molecular formula is C18H14Cl2N2O3S2. The first-order valence-corrected chi connectivity index (χ1v) is 11.6. The summed E-state index contributed by atoms with van der Waals surface area (Å²) in [7, 11) is -3.15. The number of amidine groups is 1. The Hall–Kier alpha value is -1.54. The van der Waals surface area contributed by atoms with E-state index >= 15 is 0 Å². The van der Waals surface area contributed by atoms with E-state index in [9.17, 15) is 13.2 Å². The average Bonchev–Trinajstić information content (AvgIpc) is 3.09. The smallest absolute Gasteiger partial charge is 0.279 e. The maximum absolute atomic E-state index is 12.6. The zero-order chi connectivity index (χ0) is 19.2. The van der Waals surface area contributed by atoms with Gasteiger partial charge in [0.05, 0.1) is 28.3 Å². The second-order valence-corrected chi connectivity index (χ2v) is 10.5. The quantitative estimate of drug-likeness (QED) is 0.707. The van der Waals surface area contributed by atoms with Gasteiger partial charge in [-0.05, 0) is 30.3 Å².